The van der Waals surface area contributed by atoms with Crippen LogP contribution in [0.5, 0.6) is 0 Å². The van der Waals surface area contributed by atoms with Crippen molar-refractivity contribution in [1.29, 1.82) is 0 Å². The molecule has 1 saturated heterocycles. The lowest BCUT2D eigenvalue weighted by Crippen LogP contribution is -2.52. The molecule has 204 valence electrons. The van der Waals surface area contributed by atoms with Crippen molar-refractivity contribution in [3.05, 3.63) is 95.8 Å². The fraction of sp³-hybridized carbons (Fsp3) is 0.394. The fourth-order valence-electron chi connectivity index (χ4n) is 5.53. The molecule has 3 aromatic rings. The highest BCUT2D eigenvalue weighted by atomic mass is 19.1. The number of likely N-dealkylation sites (tertiary alicyclic amines) is 1. The molecule has 0 aromatic heterocycles. The minimum absolute atomic E-state index is 0.0671. The summed E-state index contributed by atoms with van der Waals surface area (Å²) >= 11 is 0. The molecule has 5 rings (SSSR count). The minimum atomic E-state index is -0.711. The van der Waals surface area contributed by atoms with Gasteiger partial charge in [-0.2, -0.15) is 0 Å². The number of halogens is 1. The van der Waals surface area contributed by atoms with Crippen LogP contribution in [-0.2, 0) is 9.53 Å². The van der Waals surface area contributed by atoms with E-state index in [-0.39, 0.29) is 24.2 Å². The molecule has 2 fully saturated rings. The summed E-state index contributed by atoms with van der Waals surface area (Å²) in [6, 6.07) is 23.6. The molecular formula is C33H37FN2O3. The zero-order chi connectivity index (χ0) is 27.0. The van der Waals surface area contributed by atoms with E-state index in [1.807, 2.05) is 59.5 Å². The summed E-state index contributed by atoms with van der Waals surface area (Å²) < 4.78 is 19.1. The van der Waals surface area contributed by atoms with E-state index in [0.717, 1.165) is 62.7 Å². The van der Waals surface area contributed by atoms with Crippen molar-refractivity contribution in [2.24, 2.45) is 5.92 Å². The number of hydrogen-bond donors (Lipinski definition) is 1. The second kappa shape index (κ2) is 13.0. The van der Waals surface area contributed by atoms with E-state index in [2.05, 4.69) is 5.32 Å². The Hall–Kier alpha value is -3.51. The smallest absolute Gasteiger partial charge is 0.251 e. The summed E-state index contributed by atoms with van der Waals surface area (Å²) in [5.74, 6) is 0.570. The lowest BCUT2D eigenvalue weighted by molar-refractivity contribution is -0.135. The number of nitrogens with zero attached hydrogens (tertiary/aromatic N) is 1. The third-order valence-corrected chi connectivity index (χ3v) is 7.89. The molecule has 3 aromatic carbocycles. The van der Waals surface area contributed by atoms with Crippen molar-refractivity contribution in [2.45, 2.75) is 50.5 Å². The van der Waals surface area contributed by atoms with Gasteiger partial charge in [0.1, 0.15) is 11.9 Å². The molecule has 2 aliphatic rings. The Morgan fingerprint density at radius 1 is 0.897 bits per heavy atom. The highest BCUT2D eigenvalue weighted by Crippen LogP contribution is 2.50. The average Bonchev–Trinajstić information content (AvgIpc) is 3.77. The Kier molecular flexibility index (Phi) is 9.04. The zero-order valence-electron chi connectivity index (χ0n) is 22.4. The number of carbonyl (C=O) groups is 2. The quantitative estimate of drug-likeness (QED) is 0.301. The first-order chi connectivity index (χ1) is 19.1. The number of rotatable bonds is 11. The van der Waals surface area contributed by atoms with Gasteiger partial charge >= 0.3 is 0 Å². The Labute approximate surface area is 230 Å². The molecule has 0 spiro atoms. The van der Waals surface area contributed by atoms with Gasteiger partial charge < -0.3 is 15.0 Å². The Morgan fingerprint density at radius 2 is 1.59 bits per heavy atom. The summed E-state index contributed by atoms with van der Waals surface area (Å²) in [4.78, 5) is 28.3. The molecule has 1 unspecified atom stereocenters. The number of hydrogen-bond acceptors (Lipinski definition) is 3. The van der Waals surface area contributed by atoms with Gasteiger partial charge in [0.05, 0.1) is 6.61 Å². The summed E-state index contributed by atoms with van der Waals surface area (Å²) in [6.45, 7) is 2.15. The highest BCUT2D eigenvalue weighted by molar-refractivity contribution is 5.98. The van der Waals surface area contributed by atoms with Gasteiger partial charge in [0.15, 0.2) is 0 Å². The van der Waals surface area contributed by atoms with Crippen molar-refractivity contribution >= 4 is 11.8 Å². The Morgan fingerprint density at radius 3 is 2.31 bits per heavy atom. The molecule has 2 amide bonds. The molecule has 39 heavy (non-hydrogen) atoms. The van der Waals surface area contributed by atoms with Gasteiger partial charge in [-0.15, -0.1) is 0 Å². The van der Waals surface area contributed by atoms with Crippen LogP contribution in [0.1, 0.15) is 60.4 Å². The Balaban J connectivity index is 1.13. The third kappa shape index (κ3) is 7.33. The maximum absolute atomic E-state index is 13.3. The molecule has 0 radical (unpaired) electrons. The predicted molar refractivity (Wildman–Crippen MR) is 151 cm³/mol. The van der Waals surface area contributed by atoms with Crippen LogP contribution in [0.3, 0.4) is 0 Å². The van der Waals surface area contributed by atoms with E-state index in [1.165, 1.54) is 17.7 Å². The van der Waals surface area contributed by atoms with Crippen molar-refractivity contribution in [3.8, 4) is 11.1 Å². The highest BCUT2D eigenvalue weighted by Gasteiger charge is 2.37. The summed E-state index contributed by atoms with van der Waals surface area (Å²) in [6.07, 6.45) is 6.16. The molecule has 1 heterocycles. The number of ether oxygens (including phenoxy) is 1. The van der Waals surface area contributed by atoms with Gasteiger partial charge in [-0.05, 0) is 91.3 Å². The second-order valence-corrected chi connectivity index (χ2v) is 10.7. The number of carbonyl (C=O) groups excluding carboxylic acids is 2. The fourth-order valence-corrected chi connectivity index (χ4v) is 5.53. The molecular weight excluding hydrogens is 491 g/mol. The lowest BCUT2D eigenvalue weighted by Gasteiger charge is -2.30. The van der Waals surface area contributed by atoms with E-state index in [0.29, 0.717) is 24.0 Å². The van der Waals surface area contributed by atoms with E-state index >= 15 is 0 Å². The largest absolute Gasteiger partial charge is 0.379 e. The maximum Gasteiger partial charge on any atom is 0.251 e. The van der Waals surface area contributed by atoms with Crippen LogP contribution in [0.25, 0.3) is 11.1 Å². The van der Waals surface area contributed by atoms with Crippen LogP contribution < -0.4 is 5.32 Å². The number of nitrogens with one attached hydrogen (secondary N) is 1. The van der Waals surface area contributed by atoms with Crippen molar-refractivity contribution in [1.82, 2.24) is 10.2 Å². The maximum atomic E-state index is 13.3. The normalized spacial score (nSPS) is 19.4. The first-order valence-electron chi connectivity index (χ1n) is 14.2. The van der Waals surface area contributed by atoms with Crippen LogP contribution >= 0.6 is 0 Å². The van der Waals surface area contributed by atoms with E-state index in [1.54, 1.807) is 12.1 Å². The molecule has 1 aliphatic heterocycles. The molecule has 6 heteroatoms. The third-order valence-electron chi connectivity index (χ3n) is 7.89. The SMILES string of the molecule is O=C(N[C@@H](COCCCC1C[C@H]1c1ccc(F)cc1)C(=O)N1CCCCC1)c1ccc(-c2ccccc2)cc1. The van der Waals surface area contributed by atoms with Crippen LogP contribution in [-0.4, -0.2) is 49.1 Å². The van der Waals surface area contributed by atoms with Crippen LogP contribution in [0, 0.1) is 11.7 Å². The van der Waals surface area contributed by atoms with Crippen LogP contribution in [0.4, 0.5) is 4.39 Å². The number of amides is 2. The van der Waals surface area contributed by atoms with Gasteiger partial charge in [0.2, 0.25) is 5.91 Å². The molecule has 5 nitrogen and oxygen atoms in total. The zero-order valence-corrected chi connectivity index (χ0v) is 22.4. The van der Waals surface area contributed by atoms with Gasteiger partial charge in [-0.25, -0.2) is 4.39 Å². The van der Waals surface area contributed by atoms with Crippen LogP contribution in [0.15, 0.2) is 78.9 Å². The monoisotopic (exact) mass is 528 g/mol. The minimum Gasteiger partial charge on any atom is -0.379 e. The predicted octanol–water partition coefficient (Wildman–Crippen LogP) is 6.20. The van der Waals surface area contributed by atoms with Gasteiger partial charge in [0.25, 0.3) is 5.91 Å². The topological polar surface area (TPSA) is 58.6 Å². The molecule has 1 N–H and O–H groups in total. The van der Waals surface area contributed by atoms with E-state index in [4.69, 9.17) is 4.74 Å². The molecule has 3 atom stereocenters. The van der Waals surface area contributed by atoms with E-state index < -0.39 is 6.04 Å². The van der Waals surface area contributed by atoms with E-state index in [9.17, 15) is 14.0 Å². The van der Waals surface area contributed by atoms with Gasteiger partial charge in [-0.3, -0.25) is 9.59 Å². The van der Waals surface area contributed by atoms with Gasteiger partial charge in [0, 0.05) is 25.3 Å². The standard InChI is InChI=1S/C33H37FN2O3/c34-29-17-15-26(16-18-29)30-22-28(30)10-7-21-39-23-31(33(38)36-19-5-2-6-20-36)35-32(37)27-13-11-25(12-14-27)24-8-3-1-4-9-24/h1,3-4,8-9,11-18,28,30-31H,2,5-7,10,19-23H2,(H,35,37)/t28?,30-,31-/m0/s1. The van der Waals surface area contributed by atoms with Crippen molar-refractivity contribution in [2.75, 3.05) is 26.3 Å². The van der Waals surface area contributed by atoms with Gasteiger partial charge in [-0.1, -0.05) is 54.6 Å². The molecule has 1 saturated carbocycles. The summed E-state index contributed by atoms with van der Waals surface area (Å²) in [5.41, 5.74) is 3.85. The van der Waals surface area contributed by atoms with Crippen molar-refractivity contribution < 1.29 is 18.7 Å². The first kappa shape index (κ1) is 27.1. The van der Waals surface area contributed by atoms with Crippen LogP contribution in [0.2, 0.25) is 0 Å². The van der Waals surface area contributed by atoms with Crippen molar-refractivity contribution in [3.63, 3.8) is 0 Å². The lowest BCUT2D eigenvalue weighted by atomic mass is 10.0. The molecule has 1 aliphatic carbocycles. The number of piperidine rings is 1. The first-order valence-corrected chi connectivity index (χ1v) is 14.2. The average molecular weight is 529 g/mol. The second-order valence-electron chi connectivity index (χ2n) is 10.7. The Bertz CT molecular complexity index is 1220. The summed E-state index contributed by atoms with van der Waals surface area (Å²) in [5, 5.41) is 2.95. The molecule has 0 bridgehead atoms. The number of benzene rings is 3. The summed E-state index contributed by atoms with van der Waals surface area (Å²) in [7, 11) is 0.